The molecule has 0 radical (unpaired) electrons. The molecule has 2 heterocycles. The number of nitrogens with zero attached hydrogens (tertiary/aromatic N) is 1. The lowest BCUT2D eigenvalue weighted by Crippen LogP contribution is -2.40. The predicted octanol–water partition coefficient (Wildman–Crippen LogP) is 1.63. The Morgan fingerprint density at radius 3 is 2.76 bits per heavy atom. The van der Waals surface area contributed by atoms with E-state index in [4.69, 9.17) is 9.47 Å². The van der Waals surface area contributed by atoms with Crippen LogP contribution in [0.1, 0.15) is 36.2 Å². The normalized spacial score (nSPS) is 29.8. The number of sulfonamides is 1. The minimum Gasteiger partial charge on any atom is -0.461 e. The number of hydrogen-bond acceptors (Lipinski definition) is 5. The van der Waals surface area contributed by atoms with Crippen molar-refractivity contribution in [2.24, 2.45) is 17.8 Å². The first-order chi connectivity index (χ1) is 12.0. The number of esters is 1. The van der Waals surface area contributed by atoms with Crippen molar-refractivity contribution in [3.05, 3.63) is 18.0 Å². The Labute approximate surface area is 147 Å². The van der Waals surface area contributed by atoms with E-state index in [0.29, 0.717) is 44.7 Å². The Hall–Kier alpha value is -1.38. The number of rotatable bonds is 5. The topological polar surface area (TPSA) is 88.7 Å². The molecule has 1 saturated heterocycles. The number of aromatic nitrogens is 1. The van der Waals surface area contributed by atoms with Crippen LogP contribution in [-0.2, 0) is 19.5 Å². The van der Waals surface area contributed by atoms with E-state index in [9.17, 15) is 13.2 Å². The van der Waals surface area contributed by atoms with Crippen molar-refractivity contribution in [2.75, 3.05) is 32.9 Å². The molecule has 138 valence electrons. The monoisotopic (exact) mass is 368 g/mol. The van der Waals surface area contributed by atoms with Crippen molar-refractivity contribution in [1.82, 2.24) is 9.29 Å². The van der Waals surface area contributed by atoms with Gasteiger partial charge in [0, 0.05) is 19.3 Å². The number of carbonyl (C=O) groups is 1. The third-order valence-electron chi connectivity index (χ3n) is 5.80. The Morgan fingerprint density at radius 2 is 2.08 bits per heavy atom. The molecule has 8 heteroatoms. The number of aromatic amines is 1. The zero-order chi connectivity index (χ0) is 17.4. The largest absolute Gasteiger partial charge is 0.461 e. The molecule has 2 saturated carbocycles. The van der Waals surface area contributed by atoms with Gasteiger partial charge in [-0.15, -0.1) is 0 Å². The molecule has 7 nitrogen and oxygen atoms in total. The summed E-state index contributed by atoms with van der Waals surface area (Å²) in [7, 11) is -3.60. The van der Waals surface area contributed by atoms with Crippen molar-refractivity contribution in [1.29, 1.82) is 0 Å². The van der Waals surface area contributed by atoms with Gasteiger partial charge in [0.2, 0.25) is 10.0 Å². The van der Waals surface area contributed by atoms with Gasteiger partial charge in [-0.25, -0.2) is 13.2 Å². The van der Waals surface area contributed by atoms with Crippen molar-refractivity contribution in [3.63, 3.8) is 0 Å². The molecule has 3 fully saturated rings. The highest BCUT2D eigenvalue weighted by atomic mass is 32.2. The number of fused-ring (bicyclic) bond motifs is 2. The van der Waals surface area contributed by atoms with Crippen LogP contribution in [-0.4, -0.2) is 56.6 Å². The summed E-state index contributed by atoms with van der Waals surface area (Å²) in [6.07, 6.45) is 6.34. The van der Waals surface area contributed by atoms with Crippen LogP contribution in [0.3, 0.4) is 0 Å². The van der Waals surface area contributed by atoms with Gasteiger partial charge in [0.1, 0.15) is 10.6 Å². The van der Waals surface area contributed by atoms with E-state index in [1.54, 1.807) is 0 Å². The number of H-pyrrole nitrogens is 1. The highest BCUT2D eigenvalue weighted by Crippen LogP contribution is 2.48. The third kappa shape index (κ3) is 3.35. The second kappa shape index (κ2) is 6.74. The van der Waals surface area contributed by atoms with Crippen molar-refractivity contribution >= 4 is 16.0 Å². The van der Waals surface area contributed by atoms with Gasteiger partial charge in [-0.1, -0.05) is 6.42 Å². The summed E-state index contributed by atoms with van der Waals surface area (Å²) in [5, 5.41) is 0. The number of ether oxygens (including phenoxy) is 2. The van der Waals surface area contributed by atoms with Gasteiger partial charge in [-0.05, 0) is 43.1 Å². The lowest BCUT2D eigenvalue weighted by atomic mass is 9.90. The molecular weight excluding hydrogens is 344 g/mol. The molecule has 25 heavy (non-hydrogen) atoms. The van der Waals surface area contributed by atoms with Crippen LogP contribution >= 0.6 is 0 Å². The first-order valence-electron chi connectivity index (χ1n) is 8.97. The van der Waals surface area contributed by atoms with Crippen molar-refractivity contribution in [2.45, 2.75) is 30.6 Å². The van der Waals surface area contributed by atoms with E-state index in [1.165, 1.54) is 35.8 Å². The standard InChI is InChI=1S/C17H24N2O5S/c20-17(24-11-14-8-12-1-2-13(14)7-12)16-9-15(10-18-16)25(21,22)19-3-5-23-6-4-19/h9-10,12-14,18H,1-8,11H2. The van der Waals surface area contributed by atoms with Gasteiger partial charge in [0.15, 0.2) is 0 Å². The van der Waals surface area contributed by atoms with Crippen LogP contribution in [0.15, 0.2) is 17.2 Å². The summed E-state index contributed by atoms with van der Waals surface area (Å²) in [5.74, 6) is 1.49. The van der Waals surface area contributed by atoms with E-state index in [2.05, 4.69) is 4.98 Å². The van der Waals surface area contributed by atoms with Crippen LogP contribution < -0.4 is 0 Å². The molecule has 1 aromatic rings. The molecule has 3 unspecified atom stereocenters. The highest BCUT2D eigenvalue weighted by molar-refractivity contribution is 7.89. The molecule has 1 aromatic heterocycles. The summed E-state index contributed by atoms with van der Waals surface area (Å²) >= 11 is 0. The van der Waals surface area contributed by atoms with Gasteiger partial charge < -0.3 is 14.5 Å². The summed E-state index contributed by atoms with van der Waals surface area (Å²) in [6.45, 7) is 1.88. The SMILES string of the molecule is O=C(OCC1CC2CCC1C2)c1cc(S(=O)(=O)N2CCOCC2)c[nH]1. The molecule has 0 spiro atoms. The zero-order valence-electron chi connectivity index (χ0n) is 14.1. The van der Waals surface area contributed by atoms with Crippen LogP contribution in [0, 0.1) is 17.8 Å². The number of morpholine rings is 1. The molecule has 2 bridgehead atoms. The average Bonchev–Trinajstić information content (AvgIpc) is 3.36. The van der Waals surface area contributed by atoms with E-state index in [0.717, 1.165) is 12.3 Å². The summed E-state index contributed by atoms with van der Waals surface area (Å²) in [5.41, 5.74) is 0.190. The molecule has 3 atom stereocenters. The second-order valence-electron chi connectivity index (χ2n) is 7.30. The van der Waals surface area contributed by atoms with Crippen molar-refractivity contribution in [3.8, 4) is 0 Å². The zero-order valence-corrected chi connectivity index (χ0v) is 15.0. The molecule has 3 aliphatic rings. The maximum Gasteiger partial charge on any atom is 0.354 e. The smallest absolute Gasteiger partial charge is 0.354 e. The summed E-state index contributed by atoms with van der Waals surface area (Å²) < 4.78 is 37.2. The third-order valence-corrected chi connectivity index (χ3v) is 7.67. The van der Waals surface area contributed by atoms with Crippen LogP contribution in [0.5, 0.6) is 0 Å². The van der Waals surface area contributed by atoms with Crippen LogP contribution in [0.2, 0.25) is 0 Å². The lowest BCUT2D eigenvalue weighted by molar-refractivity contribution is 0.0388. The lowest BCUT2D eigenvalue weighted by Gasteiger charge is -2.25. The average molecular weight is 368 g/mol. The Bertz CT molecular complexity index is 738. The van der Waals surface area contributed by atoms with Crippen molar-refractivity contribution < 1.29 is 22.7 Å². The van der Waals surface area contributed by atoms with Gasteiger partial charge >= 0.3 is 5.97 Å². The van der Waals surface area contributed by atoms with Crippen LogP contribution in [0.4, 0.5) is 0 Å². The Morgan fingerprint density at radius 1 is 1.28 bits per heavy atom. The maximum atomic E-state index is 12.6. The van der Waals surface area contributed by atoms with E-state index >= 15 is 0 Å². The highest BCUT2D eigenvalue weighted by Gasteiger charge is 2.40. The fourth-order valence-corrected chi connectivity index (χ4v) is 5.82. The maximum absolute atomic E-state index is 12.6. The fraction of sp³-hybridized carbons (Fsp3) is 0.706. The second-order valence-corrected chi connectivity index (χ2v) is 9.24. The Kier molecular flexibility index (Phi) is 4.59. The number of hydrogen-bond donors (Lipinski definition) is 1. The number of carbonyl (C=O) groups excluding carboxylic acids is 1. The van der Waals surface area contributed by atoms with Gasteiger partial charge in [0.25, 0.3) is 0 Å². The molecular formula is C17H24N2O5S. The van der Waals surface area contributed by atoms with E-state index in [1.807, 2.05) is 0 Å². The molecule has 0 aromatic carbocycles. The quantitative estimate of drug-likeness (QED) is 0.798. The minimum absolute atomic E-state index is 0.0984. The van der Waals surface area contributed by atoms with Gasteiger partial charge in [0.05, 0.1) is 19.8 Å². The first-order valence-corrected chi connectivity index (χ1v) is 10.4. The molecule has 4 rings (SSSR count). The molecule has 1 aliphatic heterocycles. The van der Waals surface area contributed by atoms with E-state index < -0.39 is 16.0 Å². The molecule has 1 N–H and O–H groups in total. The first kappa shape index (κ1) is 17.1. The summed E-state index contributed by atoms with van der Waals surface area (Å²) in [6, 6.07) is 1.37. The van der Waals surface area contributed by atoms with Gasteiger partial charge in [-0.2, -0.15) is 4.31 Å². The van der Waals surface area contributed by atoms with Crippen LogP contribution in [0.25, 0.3) is 0 Å². The van der Waals surface area contributed by atoms with E-state index in [-0.39, 0.29) is 10.6 Å². The van der Waals surface area contributed by atoms with Gasteiger partial charge in [-0.3, -0.25) is 0 Å². The molecule has 0 amide bonds. The predicted molar refractivity (Wildman–Crippen MR) is 89.6 cm³/mol. The Balaban J connectivity index is 1.37. The number of nitrogens with one attached hydrogen (secondary N) is 1. The minimum atomic E-state index is -3.60. The molecule has 2 aliphatic carbocycles. The fourth-order valence-electron chi connectivity index (χ4n) is 4.42. The summed E-state index contributed by atoms with van der Waals surface area (Å²) in [4.78, 5) is 15.1.